The van der Waals surface area contributed by atoms with Crippen molar-refractivity contribution in [2.45, 2.75) is 146 Å². The van der Waals surface area contributed by atoms with Crippen molar-refractivity contribution >= 4 is 53.2 Å². The number of hydrogen-bond acceptors (Lipinski definition) is 21. The third-order valence-corrected chi connectivity index (χ3v) is 14.0. The lowest BCUT2D eigenvalue weighted by atomic mass is 9.97. The molecule has 14 N–H and O–H groups in total. The summed E-state index contributed by atoms with van der Waals surface area (Å²) in [4.78, 5) is 128. The minimum absolute atomic E-state index is 0.0681. The molecular formula is C50H71FN12O18. The number of aliphatic imine (C=N–C) groups is 1. The van der Waals surface area contributed by atoms with E-state index < -0.39 is 163 Å². The van der Waals surface area contributed by atoms with E-state index in [1.165, 1.54) is 20.1 Å². The zero-order valence-corrected chi connectivity index (χ0v) is 45.4. The van der Waals surface area contributed by atoms with E-state index in [2.05, 4.69) is 36.9 Å². The molecule has 446 valence electrons. The number of urea groups is 2. The van der Waals surface area contributed by atoms with Crippen LogP contribution in [0.4, 0.5) is 19.7 Å². The summed E-state index contributed by atoms with van der Waals surface area (Å²) < 4.78 is 39.5. The minimum atomic E-state index is -2.04. The fraction of sp³-hybridized carbons (Fsp3) is 0.600. The van der Waals surface area contributed by atoms with Gasteiger partial charge in [-0.05, 0) is 68.9 Å². The van der Waals surface area contributed by atoms with Gasteiger partial charge < -0.3 is 87.0 Å². The number of ether oxygens (including phenoxy) is 4. The lowest BCUT2D eigenvalue weighted by molar-refractivity contribution is -0.233. The summed E-state index contributed by atoms with van der Waals surface area (Å²) >= 11 is 0. The number of anilines is 1. The third-order valence-electron chi connectivity index (χ3n) is 14.0. The molecule has 6 unspecified atom stereocenters. The number of halogens is 1. The first-order valence-corrected chi connectivity index (χ1v) is 26.0. The van der Waals surface area contributed by atoms with Crippen molar-refractivity contribution < 1.29 is 82.4 Å². The van der Waals surface area contributed by atoms with Gasteiger partial charge in [-0.25, -0.2) is 28.5 Å². The van der Waals surface area contributed by atoms with Crippen LogP contribution in [0.25, 0.3) is 0 Å². The number of allylic oxidation sites excluding steroid dienone is 2. The quantitative estimate of drug-likeness (QED) is 0.0257. The molecule has 0 aliphatic carbocycles. The number of nitrogens with two attached hydrogens (primary N) is 1. The smallest absolute Gasteiger partial charge is 0.332 e. The Kier molecular flexibility index (Phi) is 21.2. The molecule has 31 heteroatoms. The van der Waals surface area contributed by atoms with Crippen LogP contribution in [-0.2, 0) is 42.9 Å². The van der Waals surface area contributed by atoms with Gasteiger partial charge in [-0.2, -0.15) is 0 Å². The first kappa shape index (κ1) is 62.8. The SMILES string of the molecule is CO[C@H]1[C@H](OC([C@H]2O[C@@H](n3ccc(=O)[nH]c3=O)[C@H](O)[C@@H]2O)[C@@H]2C(=O)N(c3ccc(F)cc3)C(=O)N2CCCNC(=O)C(NC(=O)C(NC(=O)NC(C(=O)O)C(C)C)C2CCN=C(N)N2)C(O)C(C)C)O[C@H](CN/C(C)=C/C(C)=O)[C@H]1O. The van der Waals surface area contributed by atoms with E-state index in [9.17, 15) is 68.3 Å². The number of guanidine groups is 1. The van der Waals surface area contributed by atoms with Crippen molar-refractivity contribution in [1.29, 1.82) is 0 Å². The summed E-state index contributed by atoms with van der Waals surface area (Å²) in [6.45, 7) is 8.35. The molecule has 6 rings (SSSR count). The number of amides is 7. The fourth-order valence-corrected chi connectivity index (χ4v) is 9.71. The van der Waals surface area contributed by atoms with E-state index in [4.69, 9.17) is 24.7 Å². The van der Waals surface area contributed by atoms with Crippen LogP contribution >= 0.6 is 0 Å². The number of aliphatic carboxylic acids is 1. The Morgan fingerprint density at radius 1 is 0.914 bits per heavy atom. The number of H-pyrrole nitrogens is 1. The summed E-state index contributed by atoms with van der Waals surface area (Å²) in [6, 6.07) is -4.34. The van der Waals surface area contributed by atoms with E-state index in [1.807, 2.05) is 4.98 Å². The molecular weight excluding hydrogens is 1080 g/mol. The molecule has 5 heterocycles. The second-order valence-corrected chi connectivity index (χ2v) is 20.5. The first-order valence-electron chi connectivity index (χ1n) is 26.0. The number of hydrogen-bond donors (Lipinski definition) is 13. The molecule has 1 aromatic carbocycles. The van der Waals surface area contributed by atoms with Crippen molar-refractivity contribution in [3.63, 3.8) is 0 Å². The van der Waals surface area contributed by atoms with E-state index in [1.54, 1.807) is 34.6 Å². The average Bonchev–Trinajstić information content (AvgIpc) is 4.19. The number of methoxy groups -OCH3 is 1. The van der Waals surface area contributed by atoms with Crippen LogP contribution in [0, 0.1) is 17.7 Å². The number of carboxylic acid groups (broad SMARTS) is 1. The van der Waals surface area contributed by atoms with Gasteiger partial charge in [-0.3, -0.25) is 38.5 Å². The normalized spacial score (nSPS) is 26.8. The molecule has 81 heavy (non-hydrogen) atoms. The molecule has 2 aromatic rings. The van der Waals surface area contributed by atoms with Crippen LogP contribution in [0.15, 0.2) is 62.9 Å². The minimum Gasteiger partial charge on any atom is -0.480 e. The van der Waals surface area contributed by atoms with E-state index >= 15 is 4.79 Å². The summed E-state index contributed by atoms with van der Waals surface area (Å²) in [6.07, 6.45) is -14.6. The molecule has 30 nitrogen and oxygen atoms in total. The van der Waals surface area contributed by atoms with Gasteiger partial charge in [-0.15, -0.1) is 0 Å². The predicted molar refractivity (Wildman–Crippen MR) is 280 cm³/mol. The summed E-state index contributed by atoms with van der Waals surface area (Å²) in [5.74, 6) is -6.66. The Balaban J connectivity index is 1.30. The molecule has 0 saturated carbocycles. The zero-order chi connectivity index (χ0) is 59.7. The van der Waals surface area contributed by atoms with E-state index in [0.29, 0.717) is 10.6 Å². The number of nitrogens with zero attached hydrogens (tertiary/aromatic N) is 4. The average molecular weight is 1150 g/mol. The van der Waals surface area contributed by atoms with Gasteiger partial charge in [0.1, 0.15) is 72.7 Å². The fourth-order valence-electron chi connectivity index (χ4n) is 9.71. The number of nitrogens with one attached hydrogen (secondary N) is 7. The molecule has 7 amide bonds. The Hall–Kier alpha value is -7.39. The number of carboxylic acids is 1. The first-order chi connectivity index (χ1) is 38.2. The van der Waals surface area contributed by atoms with Crippen LogP contribution in [0.5, 0.6) is 0 Å². The van der Waals surface area contributed by atoms with Crippen LogP contribution in [0.2, 0.25) is 0 Å². The highest BCUT2D eigenvalue weighted by Gasteiger charge is 2.59. The van der Waals surface area contributed by atoms with Crippen molar-refractivity contribution in [1.82, 2.24) is 46.4 Å². The van der Waals surface area contributed by atoms with Gasteiger partial charge in [0.05, 0.1) is 17.8 Å². The number of carbonyl (C=O) groups is 7. The van der Waals surface area contributed by atoms with Gasteiger partial charge in [0.25, 0.3) is 11.5 Å². The summed E-state index contributed by atoms with van der Waals surface area (Å²) in [7, 11) is 1.21. The number of aromatic amines is 1. The molecule has 3 saturated heterocycles. The van der Waals surface area contributed by atoms with Gasteiger partial charge in [0.2, 0.25) is 11.8 Å². The molecule has 0 bridgehead atoms. The lowest BCUT2D eigenvalue weighted by Gasteiger charge is -2.36. The highest BCUT2D eigenvalue weighted by molar-refractivity contribution is 6.21. The third kappa shape index (κ3) is 15.0. The van der Waals surface area contributed by atoms with Gasteiger partial charge in [0, 0.05) is 51.2 Å². The maximum absolute atomic E-state index is 15.0. The number of rotatable bonds is 25. The largest absolute Gasteiger partial charge is 0.480 e. The van der Waals surface area contributed by atoms with Crippen LogP contribution < -0.4 is 53.8 Å². The van der Waals surface area contributed by atoms with Crippen LogP contribution in [-0.4, -0.2) is 206 Å². The van der Waals surface area contributed by atoms with Gasteiger partial charge in [0.15, 0.2) is 24.3 Å². The molecule has 1 aromatic heterocycles. The standard InChI is InChI=1S/C50H71FN12O18/c1-21(2)30(45(73)74)59-48(75)60-31(27-13-16-54-47(52)56-27)42(71)58-32(34(66)22(3)4)41(70)53-15-8-17-61-33(43(72)63(50(61)77)26-11-9-25(51)10-12-26)38(39-36(68)37(69)44(80-39)62-18-14-29(65)57-49(62)76)81-46-40(78-7)35(67)28(79-46)20-55-23(5)19-24(6)64/h9-12,14,18-19,21-22,27-28,30-40,44,46,55,66-69H,8,13,15-17,20H2,1-7H3,(H,53,70)(H,58,71)(H,73,74)(H3,52,54,56)(H,57,65,76)(H2,59,60,75)/b23-19+/t27?,28-,30?,31?,32?,33-,34?,35-,36+,37-,38?,39+,40-,44-,46+/m1/s1. The molecule has 4 aliphatic rings. The predicted octanol–water partition coefficient (Wildman–Crippen LogP) is -3.84. The van der Waals surface area contributed by atoms with Crippen molar-refractivity contribution in [3.05, 3.63) is 75.0 Å². The number of carbonyl (C=O) groups excluding carboxylic acids is 6. The highest BCUT2D eigenvalue weighted by Crippen LogP contribution is 2.39. The maximum Gasteiger partial charge on any atom is 0.332 e. The van der Waals surface area contributed by atoms with E-state index in [-0.39, 0.29) is 49.9 Å². The number of aromatic nitrogens is 2. The number of aliphatic hydroxyl groups is 4. The Labute approximate surface area is 462 Å². The topological polar surface area (TPSA) is 429 Å². The van der Waals surface area contributed by atoms with Crippen LogP contribution in [0.3, 0.4) is 0 Å². The summed E-state index contributed by atoms with van der Waals surface area (Å²) in [5, 5.41) is 71.4. The monoisotopic (exact) mass is 1150 g/mol. The lowest BCUT2D eigenvalue weighted by Crippen LogP contribution is -2.66. The Morgan fingerprint density at radius 2 is 1.60 bits per heavy atom. The molecule has 0 radical (unpaired) electrons. The summed E-state index contributed by atoms with van der Waals surface area (Å²) in [5.41, 5.74) is 4.30. The molecule has 3 fully saturated rings. The van der Waals surface area contributed by atoms with Gasteiger partial charge >= 0.3 is 23.7 Å². The zero-order valence-electron chi connectivity index (χ0n) is 45.4. The molecule has 0 spiro atoms. The van der Waals surface area contributed by atoms with E-state index in [0.717, 1.165) is 46.0 Å². The van der Waals surface area contributed by atoms with Crippen molar-refractivity contribution in [2.75, 3.05) is 38.2 Å². The second-order valence-electron chi connectivity index (χ2n) is 20.5. The molecule has 4 aliphatic heterocycles. The number of benzene rings is 1. The van der Waals surface area contributed by atoms with Crippen molar-refractivity contribution in [2.24, 2.45) is 22.6 Å². The number of aliphatic hydroxyl groups excluding tert-OH is 4. The maximum atomic E-state index is 15.0. The number of imide groups is 1. The van der Waals surface area contributed by atoms with Crippen LogP contribution in [0.1, 0.15) is 60.6 Å². The highest BCUT2D eigenvalue weighted by atomic mass is 19.1. The van der Waals surface area contributed by atoms with Gasteiger partial charge in [-0.1, -0.05) is 27.7 Å². The number of ketones is 1. The molecule has 15 atom stereocenters. The Morgan fingerprint density at radius 3 is 2.21 bits per heavy atom. The van der Waals surface area contributed by atoms with Crippen molar-refractivity contribution in [3.8, 4) is 0 Å². The second kappa shape index (κ2) is 27.4. The Bertz CT molecular complexity index is 2800.